The zero-order valence-corrected chi connectivity index (χ0v) is 9.40. The number of rotatable bonds is 6. The molecule has 0 amide bonds. The highest BCUT2D eigenvalue weighted by atomic mass is 32.1. The molecule has 1 aromatic rings. The van der Waals surface area contributed by atoms with Crippen molar-refractivity contribution in [3.05, 3.63) is 5.82 Å². The lowest BCUT2D eigenvalue weighted by atomic mass is 10.5. The molecule has 8 heteroatoms. The summed E-state index contributed by atoms with van der Waals surface area (Å²) in [5.74, 6) is -1.62. The van der Waals surface area contributed by atoms with Crippen LogP contribution in [0.15, 0.2) is 0 Å². The molecule has 0 saturated carbocycles. The number of nitrogens with zero attached hydrogens (tertiary/aromatic N) is 3. The fourth-order valence-corrected chi connectivity index (χ4v) is 1.78. The van der Waals surface area contributed by atoms with E-state index in [0.29, 0.717) is 17.4 Å². The molecule has 2 N–H and O–H groups in total. The van der Waals surface area contributed by atoms with Gasteiger partial charge >= 0.3 is 11.9 Å². The van der Waals surface area contributed by atoms with Crippen LogP contribution >= 0.6 is 11.5 Å². The molecule has 16 heavy (non-hydrogen) atoms. The Morgan fingerprint density at radius 2 is 1.88 bits per heavy atom. The molecule has 1 rings (SSSR count). The number of hydrogen-bond donors (Lipinski definition) is 2. The molecule has 7 nitrogen and oxygen atoms in total. The predicted molar refractivity (Wildman–Crippen MR) is 56.8 cm³/mol. The van der Waals surface area contributed by atoms with Gasteiger partial charge in [0.25, 0.3) is 0 Å². The van der Waals surface area contributed by atoms with Crippen molar-refractivity contribution in [2.75, 3.05) is 18.0 Å². The molecule has 0 spiro atoms. The Bertz CT molecular complexity index is 376. The van der Waals surface area contributed by atoms with Gasteiger partial charge in [0.2, 0.25) is 5.13 Å². The van der Waals surface area contributed by atoms with E-state index in [9.17, 15) is 9.59 Å². The van der Waals surface area contributed by atoms with Crippen molar-refractivity contribution in [3.63, 3.8) is 0 Å². The van der Waals surface area contributed by atoms with Crippen LogP contribution in [0.5, 0.6) is 0 Å². The zero-order chi connectivity index (χ0) is 12.1. The molecule has 0 saturated heterocycles. The third-order valence-electron chi connectivity index (χ3n) is 1.70. The van der Waals surface area contributed by atoms with Gasteiger partial charge in [0.05, 0.1) is 0 Å². The summed E-state index contributed by atoms with van der Waals surface area (Å²) < 4.78 is 3.97. The van der Waals surface area contributed by atoms with Gasteiger partial charge in [-0.15, -0.1) is 0 Å². The van der Waals surface area contributed by atoms with Crippen LogP contribution in [0.2, 0.25) is 0 Å². The van der Waals surface area contributed by atoms with Gasteiger partial charge in [0.15, 0.2) is 0 Å². The van der Waals surface area contributed by atoms with Gasteiger partial charge < -0.3 is 15.1 Å². The van der Waals surface area contributed by atoms with Gasteiger partial charge in [-0.1, -0.05) is 6.92 Å². The van der Waals surface area contributed by atoms with Gasteiger partial charge in [-0.3, -0.25) is 9.59 Å². The Labute approximate surface area is 95.5 Å². The molecular weight excluding hydrogens is 234 g/mol. The van der Waals surface area contributed by atoms with Crippen molar-refractivity contribution in [2.45, 2.75) is 13.3 Å². The fourth-order valence-electron chi connectivity index (χ4n) is 1.03. The van der Waals surface area contributed by atoms with Gasteiger partial charge in [-0.2, -0.15) is 4.37 Å². The summed E-state index contributed by atoms with van der Waals surface area (Å²) in [7, 11) is 0. The number of aliphatic carboxylic acids is 2. The number of carboxylic acid groups (broad SMARTS) is 2. The molecule has 0 fully saturated rings. The molecule has 0 radical (unpaired) electrons. The second-order valence-electron chi connectivity index (χ2n) is 2.99. The summed E-state index contributed by atoms with van der Waals surface area (Å²) in [6.45, 7) is 1.07. The van der Waals surface area contributed by atoms with Gasteiger partial charge in [-0.05, 0) is 0 Å². The number of anilines is 1. The highest BCUT2D eigenvalue weighted by molar-refractivity contribution is 7.09. The maximum absolute atomic E-state index is 10.6. The van der Waals surface area contributed by atoms with E-state index in [1.807, 2.05) is 6.92 Å². The largest absolute Gasteiger partial charge is 0.480 e. The standard InChI is InChI=1S/C8H11N3O4S/c1-2-5-9-8(16-10-5)11(3-6(12)13)4-7(14)15/h2-4H2,1H3,(H,12,13)(H,14,15). The first-order valence-corrected chi connectivity index (χ1v) is 5.31. The average Bonchev–Trinajstić information content (AvgIpc) is 2.63. The average molecular weight is 245 g/mol. The maximum Gasteiger partial charge on any atom is 0.323 e. The van der Waals surface area contributed by atoms with E-state index in [1.54, 1.807) is 0 Å². The summed E-state index contributed by atoms with van der Waals surface area (Å²) in [5, 5.41) is 17.6. The SMILES string of the molecule is CCc1nsc(N(CC(=O)O)CC(=O)O)n1. The van der Waals surface area contributed by atoms with E-state index in [4.69, 9.17) is 10.2 Å². The molecule has 1 aromatic heterocycles. The van der Waals surface area contributed by atoms with E-state index in [2.05, 4.69) is 9.36 Å². The molecule has 0 atom stereocenters. The van der Waals surface area contributed by atoms with Crippen molar-refractivity contribution in [3.8, 4) is 0 Å². The number of hydrogen-bond acceptors (Lipinski definition) is 6. The van der Waals surface area contributed by atoms with Crippen LogP contribution in [0, 0.1) is 0 Å². The van der Waals surface area contributed by atoms with Crippen molar-refractivity contribution in [2.24, 2.45) is 0 Å². The summed E-state index contributed by atoms with van der Waals surface area (Å²) in [6.07, 6.45) is 0.629. The lowest BCUT2D eigenvalue weighted by molar-refractivity contribution is -0.136. The molecule has 0 unspecified atom stereocenters. The summed E-state index contributed by atoms with van der Waals surface area (Å²) >= 11 is 1.00. The first kappa shape index (κ1) is 12.4. The highest BCUT2D eigenvalue weighted by Gasteiger charge is 2.17. The van der Waals surface area contributed by atoms with Crippen LogP contribution in [-0.4, -0.2) is 44.6 Å². The van der Waals surface area contributed by atoms with Gasteiger partial charge in [-0.25, -0.2) is 4.98 Å². The number of carbonyl (C=O) groups is 2. The monoisotopic (exact) mass is 245 g/mol. The Morgan fingerprint density at radius 3 is 2.25 bits per heavy atom. The number of aryl methyl sites for hydroxylation is 1. The minimum absolute atomic E-state index is 0.321. The van der Waals surface area contributed by atoms with Crippen LogP contribution in [0.1, 0.15) is 12.7 Å². The molecule has 0 aliphatic heterocycles. The summed E-state index contributed by atoms with van der Waals surface area (Å²) in [4.78, 5) is 26.3. The minimum atomic E-state index is -1.10. The third-order valence-corrected chi connectivity index (χ3v) is 2.51. The topological polar surface area (TPSA) is 104 Å². The van der Waals surface area contributed by atoms with Crippen LogP contribution in [0.4, 0.5) is 5.13 Å². The quantitative estimate of drug-likeness (QED) is 0.731. The van der Waals surface area contributed by atoms with Gasteiger partial charge in [0.1, 0.15) is 18.9 Å². The van der Waals surface area contributed by atoms with E-state index in [0.717, 1.165) is 11.5 Å². The normalized spacial score (nSPS) is 10.1. The first-order chi connectivity index (χ1) is 7.52. The van der Waals surface area contributed by atoms with Gasteiger partial charge in [0, 0.05) is 18.0 Å². The Balaban J connectivity index is 2.82. The van der Waals surface area contributed by atoms with E-state index in [1.165, 1.54) is 4.90 Å². The van der Waals surface area contributed by atoms with Crippen molar-refractivity contribution < 1.29 is 19.8 Å². The fraction of sp³-hybridized carbons (Fsp3) is 0.500. The van der Waals surface area contributed by atoms with Crippen LogP contribution in [0.25, 0.3) is 0 Å². The Morgan fingerprint density at radius 1 is 1.31 bits per heavy atom. The molecule has 88 valence electrons. The summed E-state index contributed by atoms with van der Waals surface area (Å²) in [6, 6.07) is 0. The molecule has 0 aliphatic carbocycles. The number of aromatic nitrogens is 2. The smallest absolute Gasteiger partial charge is 0.323 e. The predicted octanol–water partition coefficient (Wildman–Crippen LogP) is 0.0761. The Hall–Kier alpha value is -1.70. The second-order valence-corrected chi connectivity index (χ2v) is 3.72. The highest BCUT2D eigenvalue weighted by Crippen LogP contribution is 2.16. The van der Waals surface area contributed by atoms with Crippen LogP contribution in [-0.2, 0) is 16.0 Å². The molecule has 0 aliphatic rings. The first-order valence-electron chi connectivity index (χ1n) is 4.54. The van der Waals surface area contributed by atoms with Crippen molar-refractivity contribution >= 4 is 28.6 Å². The second kappa shape index (κ2) is 5.40. The minimum Gasteiger partial charge on any atom is -0.480 e. The zero-order valence-electron chi connectivity index (χ0n) is 8.58. The third kappa shape index (κ3) is 3.46. The number of carboxylic acids is 2. The lowest BCUT2D eigenvalue weighted by Gasteiger charge is -2.15. The molecule has 0 bridgehead atoms. The Kier molecular flexibility index (Phi) is 4.18. The maximum atomic E-state index is 10.6. The molecular formula is C8H11N3O4S. The van der Waals surface area contributed by atoms with E-state index < -0.39 is 25.0 Å². The lowest BCUT2D eigenvalue weighted by Crippen LogP contribution is -2.34. The van der Waals surface area contributed by atoms with Crippen molar-refractivity contribution in [1.29, 1.82) is 0 Å². The van der Waals surface area contributed by atoms with Crippen LogP contribution < -0.4 is 4.90 Å². The van der Waals surface area contributed by atoms with Crippen molar-refractivity contribution in [1.82, 2.24) is 9.36 Å². The van der Waals surface area contributed by atoms with E-state index >= 15 is 0 Å². The summed E-state index contributed by atoms with van der Waals surface area (Å²) in [5.41, 5.74) is 0. The molecule has 1 heterocycles. The molecule has 0 aromatic carbocycles. The van der Waals surface area contributed by atoms with Crippen LogP contribution in [0.3, 0.4) is 0 Å². The van der Waals surface area contributed by atoms with E-state index in [-0.39, 0.29) is 0 Å².